The summed E-state index contributed by atoms with van der Waals surface area (Å²) in [5.41, 5.74) is 7.83. The van der Waals surface area contributed by atoms with Crippen LogP contribution in [0.25, 0.3) is 11.5 Å². The molecule has 2 N–H and O–H groups in total. The molecule has 0 bridgehead atoms. The SMILES string of the molecule is CC.Cc1ccc(C(=O)N2CCCCC2)cc1-c1nnc(N)o1. The number of hydrogen-bond donors (Lipinski definition) is 1. The van der Waals surface area contributed by atoms with Crippen LogP contribution in [0.2, 0.25) is 0 Å². The lowest BCUT2D eigenvalue weighted by atomic mass is 10.0. The number of carbonyl (C=O) groups is 1. The fraction of sp³-hybridized carbons (Fsp3) is 0.471. The molecule has 6 nitrogen and oxygen atoms in total. The van der Waals surface area contributed by atoms with Gasteiger partial charge in [0.1, 0.15) is 0 Å². The minimum atomic E-state index is 0.0251. The average Bonchev–Trinajstić information content (AvgIpc) is 3.03. The smallest absolute Gasteiger partial charge is 0.313 e. The van der Waals surface area contributed by atoms with Gasteiger partial charge < -0.3 is 15.1 Å². The number of anilines is 1. The number of hydrogen-bond acceptors (Lipinski definition) is 5. The first-order valence-corrected chi connectivity index (χ1v) is 8.14. The number of nitrogens with two attached hydrogens (primary N) is 1. The van der Waals surface area contributed by atoms with Gasteiger partial charge >= 0.3 is 6.01 Å². The quantitative estimate of drug-likeness (QED) is 0.919. The van der Waals surface area contributed by atoms with Crippen molar-refractivity contribution in [3.05, 3.63) is 29.3 Å². The predicted molar refractivity (Wildman–Crippen MR) is 90.0 cm³/mol. The molecule has 6 heteroatoms. The van der Waals surface area contributed by atoms with Crippen LogP contribution in [-0.2, 0) is 0 Å². The molecule has 1 saturated heterocycles. The number of nitrogens with zero attached hydrogens (tertiary/aromatic N) is 3. The van der Waals surface area contributed by atoms with Crippen LogP contribution in [0.3, 0.4) is 0 Å². The second kappa shape index (κ2) is 7.76. The summed E-state index contributed by atoms with van der Waals surface area (Å²) in [5.74, 6) is 0.404. The van der Waals surface area contributed by atoms with Crippen LogP contribution in [0.1, 0.15) is 49.0 Å². The largest absolute Gasteiger partial charge is 0.404 e. The van der Waals surface area contributed by atoms with Crippen molar-refractivity contribution < 1.29 is 9.21 Å². The van der Waals surface area contributed by atoms with E-state index in [1.54, 1.807) is 6.07 Å². The van der Waals surface area contributed by atoms with Crippen molar-refractivity contribution in [2.45, 2.75) is 40.0 Å². The maximum Gasteiger partial charge on any atom is 0.313 e. The van der Waals surface area contributed by atoms with Crippen molar-refractivity contribution in [1.29, 1.82) is 0 Å². The van der Waals surface area contributed by atoms with E-state index in [1.165, 1.54) is 6.42 Å². The Morgan fingerprint density at radius 2 is 1.87 bits per heavy atom. The highest BCUT2D eigenvalue weighted by atomic mass is 16.4. The van der Waals surface area contributed by atoms with Gasteiger partial charge in [-0.05, 0) is 43.9 Å². The molecule has 0 spiro atoms. The number of carbonyl (C=O) groups excluding carboxylic acids is 1. The van der Waals surface area contributed by atoms with Crippen molar-refractivity contribution in [3.8, 4) is 11.5 Å². The Kier molecular flexibility index (Phi) is 5.73. The van der Waals surface area contributed by atoms with Crippen LogP contribution in [0.15, 0.2) is 22.6 Å². The van der Waals surface area contributed by atoms with Gasteiger partial charge in [-0.1, -0.05) is 25.0 Å². The van der Waals surface area contributed by atoms with E-state index in [0.717, 1.165) is 37.1 Å². The Labute approximate surface area is 136 Å². The molecule has 1 aromatic carbocycles. The predicted octanol–water partition coefficient (Wildman–Crippen LogP) is 3.28. The Hall–Kier alpha value is -2.37. The maximum absolute atomic E-state index is 12.5. The number of amides is 1. The Balaban J connectivity index is 0.000000924. The third kappa shape index (κ3) is 3.88. The summed E-state index contributed by atoms with van der Waals surface area (Å²) in [6.07, 6.45) is 3.35. The molecule has 0 atom stereocenters. The first kappa shape index (κ1) is 17.0. The van der Waals surface area contributed by atoms with E-state index in [1.807, 2.05) is 37.8 Å². The molecule has 0 radical (unpaired) electrons. The van der Waals surface area contributed by atoms with Crippen molar-refractivity contribution >= 4 is 11.9 Å². The Morgan fingerprint density at radius 1 is 1.17 bits per heavy atom. The van der Waals surface area contributed by atoms with Gasteiger partial charge in [-0.15, -0.1) is 5.10 Å². The molecule has 1 amide bonds. The Morgan fingerprint density at radius 3 is 2.48 bits per heavy atom. The van der Waals surface area contributed by atoms with E-state index in [4.69, 9.17) is 10.2 Å². The number of nitrogen functional groups attached to an aromatic ring is 1. The number of piperidine rings is 1. The molecule has 2 heterocycles. The zero-order valence-electron chi connectivity index (χ0n) is 14.0. The van der Waals surface area contributed by atoms with Crippen LogP contribution in [-0.4, -0.2) is 34.1 Å². The molecule has 1 aliphatic heterocycles. The highest BCUT2D eigenvalue weighted by molar-refractivity contribution is 5.95. The standard InChI is InChI=1S/C15H18N4O2.C2H6/c1-10-5-6-11(14(20)19-7-3-2-4-8-19)9-12(10)13-17-18-15(16)21-13;1-2/h5-6,9H,2-4,7-8H2,1H3,(H2,16,18);1-2H3. The van der Waals surface area contributed by atoms with Gasteiger partial charge in [0.05, 0.1) is 0 Å². The molecule has 0 unspecified atom stereocenters. The lowest BCUT2D eigenvalue weighted by Gasteiger charge is -2.26. The van der Waals surface area contributed by atoms with Gasteiger partial charge in [-0.3, -0.25) is 4.79 Å². The number of aryl methyl sites for hydroxylation is 1. The second-order valence-electron chi connectivity index (χ2n) is 5.33. The minimum absolute atomic E-state index is 0.0251. The van der Waals surface area contributed by atoms with Crippen LogP contribution in [0.5, 0.6) is 0 Å². The summed E-state index contributed by atoms with van der Waals surface area (Å²) >= 11 is 0. The lowest BCUT2D eigenvalue weighted by molar-refractivity contribution is 0.0724. The summed E-state index contributed by atoms with van der Waals surface area (Å²) < 4.78 is 5.26. The first-order valence-electron chi connectivity index (χ1n) is 8.14. The van der Waals surface area contributed by atoms with Crippen LogP contribution in [0.4, 0.5) is 6.01 Å². The molecule has 124 valence electrons. The van der Waals surface area contributed by atoms with Gasteiger partial charge in [0.2, 0.25) is 5.89 Å². The molecule has 1 aliphatic rings. The molecular weight excluding hydrogens is 292 g/mol. The molecule has 3 rings (SSSR count). The minimum Gasteiger partial charge on any atom is -0.404 e. The molecule has 2 aromatic rings. The topological polar surface area (TPSA) is 85.2 Å². The fourth-order valence-electron chi connectivity index (χ4n) is 2.61. The first-order chi connectivity index (χ1) is 11.1. The van der Waals surface area contributed by atoms with E-state index in [-0.39, 0.29) is 11.9 Å². The van der Waals surface area contributed by atoms with Gasteiger partial charge in [-0.2, -0.15) is 0 Å². The summed E-state index contributed by atoms with van der Waals surface area (Å²) in [4.78, 5) is 14.4. The highest BCUT2D eigenvalue weighted by Crippen LogP contribution is 2.25. The number of benzene rings is 1. The molecule has 23 heavy (non-hydrogen) atoms. The van der Waals surface area contributed by atoms with Crippen molar-refractivity contribution in [2.24, 2.45) is 0 Å². The summed E-state index contributed by atoms with van der Waals surface area (Å²) in [7, 11) is 0. The molecular formula is C17H24N4O2. The molecule has 0 aliphatic carbocycles. The molecule has 1 aromatic heterocycles. The maximum atomic E-state index is 12.5. The zero-order valence-corrected chi connectivity index (χ0v) is 14.0. The van der Waals surface area contributed by atoms with Gasteiger partial charge in [0.25, 0.3) is 5.91 Å². The fourth-order valence-corrected chi connectivity index (χ4v) is 2.61. The van der Waals surface area contributed by atoms with Crippen molar-refractivity contribution in [2.75, 3.05) is 18.8 Å². The van der Waals surface area contributed by atoms with Crippen LogP contribution >= 0.6 is 0 Å². The van der Waals surface area contributed by atoms with E-state index >= 15 is 0 Å². The highest BCUT2D eigenvalue weighted by Gasteiger charge is 2.20. The van der Waals surface area contributed by atoms with E-state index in [0.29, 0.717) is 11.5 Å². The average molecular weight is 316 g/mol. The number of aromatic nitrogens is 2. The van der Waals surface area contributed by atoms with Gasteiger partial charge in [0.15, 0.2) is 0 Å². The third-order valence-corrected chi connectivity index (χ3v) is 3.80. The van der Waals surface area contributed by atoms with Gasteiger partial charge in [0, 0.05) is 24.2 Å². The van der Waals surface area contributed by atoms with E-state index < -0.39 is 0 Å². The van der Waals surface area contributed by atoms with E-state index in [9.17, 15) is 4.79 Å². The summed E-state index contributed by atoms with van der Waals surface area (Å²) in [6.45, 7) is 7.59. The monoisotopic (exact) mass is 316 g/mol. The normalized spacial score (nSPS) is 14.1. The third-order valence-electron chi connectivity index (χ3n) is 3.80. The second-order valence-corrected chi connectivity index (χ2v) is 5.33. The Bertz CT molecular complexity index is 660. The molecule has 0 saturated carbocycles. The number of likely N-dealkylation sites (tertiary alicyclic amines) is 1. The van der Waals surface area contributed by atoms with Crippen LogP contribution < -0.4 is 5.73 Å². The van der Waals surface area contributed by atoms with Crippen LogP contribution in [0, 0.1) is 6.92 Å². The summed E-state index contributed by atoms with van der Waals surface area (Å²) in [6, 6.07) is 5.57. The zero-order chi connectivity index (χ0) is 16.8. The lowest BCUT2D eigenvalue weighted by Crippen LogP contribution is -2.35. The number of rotatable bonds is 2. The summed E-state index contributed by atoms with van der Waals surface area (Å²) in [5, 5.41) is 7.56. The van der Waals surface area contributed by atoms with Gasteiger partial charge in [-0.25, -0.2) is 0 Å². The molecule has 1 fully saturated rings. The van der Waals surface area contributed by atoms with E-state index in [2.05, 4.69) is 10.2 Å². The van der Waals surface area contributed by atoms with Crippen molar-refractivity contribution in [3.63, 3.8) is 0 Å². The van der Waals surface area contributed by atoms with Crippen molar-refractivity contribution in [1.82, 2.24) is 15.1 Å².